The van der Waals surface area contributed by atoms with Gasteiger partial charge in [-0.3, -0.25) is 0 Å². The monoisotopic (exact) mass is 680 g/mol. The molecule has 0 aliphatic heterocycles. The van der Waals surface area contributed by atoms with Crippen molar-refractivity contribution in [2.75, 3.05) is 0 Å². The van der Waals surface area contributed by atoms with Gasteiger partial charge in [-0.1, -0.05) is 76.9 Å². The fraction of sp³-hybridized carbons (Fsp3) is 0.289. The molecule has 0 amide bonds. The molecular weight excluding hydrogens is 635 g/mol. The Morgan fingerprint density at radius 2 is 1.26 bits per heavy atom. The van der Waals surface area contributed by atoms with E-state index in [0.717, 1.165) is 6.42 Å². The fourth-order valence-corrected chi connectivity index (χ4v) is 5.72. The Labute approximate surface area is 251 Å². The predicted molar refractivity (Wildman–Crippen MR) is 171 cm³/mol. The molecule has 1 heteroatoms. The first-order valence-corrected chi connectivity index (χ1v) is 15.8. The number of benzene rings is 3. The maximum absolute atomic E-state index is 3.73. The summed E-state index contributed by atoms with van der Waals surface area (Å²) in [4.78, 5) is 0. The Bertz CT molecular complexity index is 1360. The normalized spacial score (nSPS) is 11.4. The van der Waals surface area contributed by atoms with E-state index in [1.807, 2.05) is 36.4 Å². The van der Waals surface area contributed by atoms with Crippen LogP contribution < -0.4 is 0 Å². The molecule has 0 saturated carbocycles. The third-order valence-electron chi connectivity index (χ3n) is 6.95. The van der Waals surface area contributed by atoms with E-state index in [1.165, 1.54) is 75.0 Å². The summed E-state index contributed by atoms with van der Waals surface area (Å²) >= 11 is 1.18. The largest absolute Gasteiger partial charge is 0.214 e. The zero-order chi connectivity index (χ0) is 28.5. The molecule has 0 fully saturated rings. The molecule has 0 heterocycles. The molecule has 5 rings (SSSR count). The third kappa shape index (κ3) is 9.21. The van der Waals surface area contributed by atoms with Crippen molar-refractivity contribution in [3.8, 4) is 0 Å². The van der Waals surface area contributed by atoms with Crippen molar-refractivity contribution in [1.29, 1.82) is 0 Å². The minimum atomic E-state index is 0.203. The molecule has 0 unspecified atom stereocenters. The summed E-state index contributed by atoms with van der Waals surface area (Å²) in [7, 11) is 0. The average molecular weight is 679 g/mol. The minimum absolute atomic E-state index is 0.203. The number of rotatable bonds is 5. The molecule has 0 radical (unpaired) electrons. The minimum Gasteiger partial charge on any atom is -0.214 e. The Balaban J connectivity index is 0.000000197. The van der Waals surface area contributed by atoms with Gasteiger partial charge in [0.05, 0.1) is 0 Å². The molecule has 0 nitrogen and oxygen atoms in total. The van der Waals surface area contributed by atoms with Crippen LogP contribution in [0.1, 0.15) is 77.5 Å². The first-order valence-electron chi connectivity index (χ1n) is 14.1. The average Bonchev–Trinajstić information content (AvgIpc) is 3.60. The summed E-state index contributed by atoms with van der Waals surface area (Å²) < 4.78 is 1.61. The first kappa shape index (κ1) is 30.9. The summed E-state index contributed by atoms with van der Waals surface area (Å²) in [6, 6.07) is 36.9. The number of unbranched alkanes of at least 4 members (excludes halogenated alkanes) is 1. The van der Waals surface area contributed by atoms with Gasteiger partial charge < -0.3 is 0 Å². The van der Waals surface area contributed by atoms with Crippen LogP contribution in [0, 0.1) is 0 Å². The van der Waals surface area contributed by atoms with Crippen LogP contribution in [-0.4, -0.2) is 3.26 Å². The molecule has 0 aliphatic carbocycles. The third-order valence-corrected chi connectivity index (χ3v) is 8.88. The molecule has 0 atom stereocenters. The van der Waals surface area contributed by atoms with Gasteiger partial charge in [-0.05, 0) is 10.8 Å². The predicted octanol–water partition coefficient (Wildman–Crippen LogP) is 10.8. The molecule has 0 saturated heterocycles. The summed E-state index contributed by atoms with van der Waals surface area (Å²) in [6.07, 6.45) is 5.62. The van der Waals surface area contributed by atoms with E-state index in [0.29, 0.717) is 0 Å². The molecule has 5 aromatic carbocycles. The summed E-state index contributed by atoms with van der Waals surface area (Å²) in [5, 5.41) is 5.48. The quantitative estimate of drug-likeness (QED) is 0.0751. The van der Waals surface area contributed by atoms with Crippen molar-refractivity contribution in [3.05, 3.63) is 132 Å². The molecule has 0 bridgehead atoms. The van der Waals surface area contributed by atoms with Crippen molar-refractivity contribution in [1.82, 2.24) is 0 Å². The molecule has 39 heavy (non-hydrogen) atoms. The van der Waals surface area contributed by atoms with Gasteiger partial charge in [-0.2, -0.15) is 18.2 Å². The van der Waals surface area contributed by atoms with Crippen molar-refractivity contribution in [2.45, 2.75) is 71.6 Å². The van der Waals surface area contributed by atoms with Crippen LogP contribution in [0.5, 0.6) is 0 Å². The van der Waals surface area contributed by atoms with Crippen molar-refractivity contribution >= 4 is 24.8 Å². The first-order chi connectivity index (χ1) is 18.5. The van der Waals surface area contributed by atoms with Gasteiger partial charge in [0.15, 0.2) is 0 Å². The number of fused-ring (bicyclic) bond motifs is 3. The second-order valence-electron chi connectivity index (χ2n) is 12.2. The Morgan fingerprint density at radius 3 is 1.67 bits per heavy atom. The van der Waals surface area contributed by atoms with Crippen LogP contribution in [-0.2, 0) is 34.7 Å². The van der Waals surface area contributed by atoms with Gasteiger partial charge in [0.25, 0.3) is 0 Å². The Kier molecular flexibility index (Phi) is 11.2. The van der Waals surface area contributed by atoms with E-state index in [4.69, 9.17) is 0 Å². The second kappa shape index (κ2) is 14.1. The summed E-state index contributed by atoms with van der Waals surface area (Å²) in [5.41, 5.74) is 4.64. The van der Waals surface area contributed by atoms with Crippen LogP contribution >= 0.6 is 0 Å². The van der Waals surface area contributed by atoms with Crippen LogP contribution in [0.3, 0.4) is 0 Å². The smallest absolute Gasteiger partial charge is 0.0202 e. The van der Waals surface area contributed by atoms with Crippen molar-refractivity contribution in [3.63, 3.8) is 0 Å². The Hall–Kier alpha value is -2.64. The zero-order valence-corrected chi connectivity index (χ0v) is 28.3. The summed E-state index contributed by atoms with van der Waals surface area (Å²) in [5.74, 6) is 0. The van der Waals surface area contributed by atoms with E-state index in [1.54, 1.807) is 3.26 Å². The second-order valence-corrected chi connectivity index (χ2v) is 14.4. The van der Waals surface area contributed by atoms with Crippen LogP contribution in [0.4, 0.5) is 0 Å². The topological polar surface area (TPSA) is 0 Å². The van der Waals surface area contributed by atoms with Crippen LogP contribution in [0.15, 0.2) is 116 Å². The van der Waals surface area contributed by atoms with E-state index in [2.05, 4.69) is 121 Å². The Morgan fingerprint density at radius 1 is 0.744 bits per heavy atom. The van der Waals surface area contributed by atoms with E-state index < -0.39 is 0 Å². The molecule has 0 aliphatic rings. The van der Waals surface area contributed by atoms with Gasteiger partial charge in [-0.25, -0.2) is 12.1 Å². The van der Waals surface area contributed by atoms with Crippen molar-refractivity contribution in [2.24, 2.45) is 0 Å². The molecule has 5 aromatic rings. The van der Waals surface area contributed by atoms with Crippen LogP contribution in [0.2, 0.25) is 0 Å². The van der Waals surface area contributed by atoms with Gasteiger partial charge in [0.2, 0.25) is 0 Å². The van der Waals surface area contributed by atoms with E-state index >= 15 is 0 Å². The SMILES string of the molecule is C=CCCC[C](=[Hf+2])c1ccccc1.CC(C)(C)c1ccc2c(c1)[cH-]c1cc(C(C)(C)C)ccc12.c1cc[cH-]c1. The number of allylic oxidation sites excluding steroid dienone is 1. The fourth-order valence-electron chi connectivity index (χ4n) is 4.48. The van der Waals surface area contributed by atoms with Gasteiger partial charge in [0.1, 0.15) is 0 Å². The number of hydrogen-bond acceptors (Lipinski definition) is 0. The van der Waals surface area contributed by atoms with Crippen molar-refractivity contribution < 1.29 is 23.9 Å². The summed E-state index contributed by atoms with van der Waals surface area (Å²) in [6.45, 7) is 17.4. The van der Waals surface area contributed by atoms with E-state index in [-0.39, 0.29) is 10.8 Å². The molecule has 0 spiro atoms. The standard InChI is InChI=1S/C21H25.C12H14.C5H5.Hf/c1-20(2,3)16-7-9-18-14(12-16)11-15-13-17(21(4,5)6)8-10-19(15)18;1-2-3-4-6-9-12-10-7-5-8-11-12;1-2-4-5-3-1;/h7-13H,1-6H3;2,5,7-8,10-11H,1,3-4,6H2;1-5H;/q-1;;-1;+2. The maximum Gasteiger partial charge on any atom is -0.0202 e. The molecule has 0 aromatic heterocycles. The molecule has 200 valence electrons. The zero-order valence-electron chi connectivity index (χ0n) is 24.7. The van der Waals surface area contributed by atoms with Gasteiger partial charge in [0, 0.05) is 0 Å². The van der Waals surface area contributed by atoms with Gasteiger partial charge in [-0.15, -0.1) is 39.7 Å². The van der Waals surface area contributed by atoms with Gasteiger partial charge >= 0.3 is 95.0 Å². The van der Waals surface area contributed by atoms with E-state index in [9.17, 15) is 0 Å². The number of hydrogen-bond donors (Lipinski definition) is 0. The molecular formula is C38H44Hf. The van der Waals surface area contributed by atoms with Crippen LogP contribution in [0.25, 0.3) is 21.5 Å². The molecule has 0 N–H and O–H groups in total. The maximum atomic E-state index is 3.73.